The summed E-state index contributed by atoms with van der Waals surface area (Å²) in [7, 11) is 0. The number of fused-ring (bicyclic) bond motifs is 1. The van der Waals surface area contributed by atoms with Crippen molar-refractivity contribution in [1.82, 2.24) is 4.98 Å². The minimum absolute atomic E-state index is 0.146. The van der Waals surface area contributed by atoms with Gasteiger partial charge in [0.1, 0.15) is 5.69 Å². The number of rotatable bonds is 4. The van der Waals surface area contributed by atoms with Crippen LogP contribution in [0.15, 0.2) is 47.8 Å². The molecule has 0 fully saturated rings. The predicted molar refractivity (Wildman–Crippen MR) is 97.4 cm³/mol. The molecule has 0 unspecified atom stereocenters. The molecule has 1 aliphatic rings. The van der Waals surface area contributed by atoms with E-state index < -0.39 is 17.6 Å². The van der Waals surface area contributed by atoms with E-state index in [1.54, 1.807) is 23.6 Å². The first-order chi connectivity index (χ1) is 13.4. The van der Waals surface area contributed by atoms with E-state index in [1.807, 2.05) is 0 Å². The molecule has 0 radical (unpaired) electrons. The molecule has 0 saturated heterocycles. The van der Waals surface area contributed by atoms with Gasteiger partial charge in [0.25, 0.3) is 5.91 Å². The monoisotopic (exact) mass is 407 g/mol. The highest BCUT2D eigenvalue weighted by atomic mass is 32.1. The fourth-order valence-corrected chi connectivity index (χ4v) is 3.18. The number of ether oxygens (including phenoxy) is 2. The van der Waals surface area contributed by atoms with Gasteiger partial charge in [0.05, 0.1) is 5.56 Å². The SMILES string of the molecule is O=C(Nc1ccc(C(F)(F)F)cc1)c1csc(Nc2ccc3c(c2)OCO3)n1. The number of nitrogens with one attached hydrogen (secondary N) is 2. The Hall–Kier alpha value is -3.27. The number of halogens is 3. The average Bonchev–Trinajstić information content (AvgIpc) is 3.30. The maximum absolute atomic E-state index is 12.6. The van der Waals surface area contributed by atoms with Crippen molar-refractivity contribution in [3.05, 3.63) is 59.1 Å². The van der Waals surface area contributed by atoms with Crippen molar-refractivity contribution in [3.63, 3.8) is 0 Å². The second kappa shape index (κ2) is 7.04. The molecular weight excluding hydrogens is 395 g/mol. The molecule has 2 aromatic carbocycles. The smallest absolute Gasteiger partial charge is 0.416 e. The fourth-order valence-electron chi connectivity index (χ4n) is 2.47. The maximum Gasteiger partial charge on any atom is 0.416 e. The van der Waals surface area contributed by atoms with E-state index in [9.17, 15) is 18.0 Å². The molecule has 0 aliphatic carbocycles. The van der Waals surface area contributed by atoms with Gasteiger partial charge < -0.3 is 20.1 Å². The quantitative estimate of drug-likeness (QED) is 0.645. The molecule has 1 amide bonds. The summed E-state index contributed by atoms with van der Waals surface area (Å²) in [5.41, 5.74) is 0.326. The van der Waals surface area contributed by atoms with Crippen LogP contribution in [0.4, 0.5) is 29.7 Å². The fraction of sp³-hybridized carbons (Fsp3) is 0.111. The largest absolute Gasteiger partial charge is 0.454 e. The first-order valence-electron chi connectivity index (χ1n) is 7.99. The van der Waals surface area contributed by atoms with Crippen molar-refractivity contribution in [3.8, 4) is 11.5 Å². The van der Waals surface area contributed by atoms with E-state index in [-0.39, 0.29) is 18.2 Å². The maximum atomic E-state index is 12.6. The van der Waals surface area contributed by atoms with Gasteiger partial charge in [-0.3, -0.25) is 4.79 Å². The molecule has 0 spiro atoms. The van der Waals surface area contributed by atoms with Crippen molar-refractivity contribution in [1.29, 1.82) is 0 Å². The highest BCUT2D eigenvalue weighted by molar-refractivity contribution is 7.14. The van der Waals surface area contributed by atoms with E-state index >= 15 is 0 Å². The number of aromatic nitrogens is 1. The van der Waals surface area contributed by atoms with Gasteiger partial charge in [-0.25, -0.2) is 4.98 Å². The van der Waals surface area contributed by atoms with Crippen LogP contribution in [0.5, 0.6) is 11.5 Å². The van der Waals surface area contributed by atoms with E-state index in [2.05, 4.69) is 15.6 Å². The van der Waals surface area contributed by atoms with Gasteiger partial charge >= 0.3 is 6.18 Å². The number of hydrogen-bond donors (Lipinski definition) is 2. The lowest BCUT2D eigenvalue weighted by Crippen LogP contribution is -2.13. The number of hydrogen-bond acceptors (Lipinski definition) is 6. The first kappa shape index (κ1) is 18.1. The van der Waals surface area contributed by atoms with E-state index in [0.717, 1.165) is 12.1 Å². The highest BCUT2D eigenvalue weighted by Crippen LogP contribution is 2.35. The van der Waals surface area contributed by atoms with Crippen LogP contribution in [-0.4, -0.2) is 17.7 Å². The number of anilines is 3. The number of carbonyl (C=O) groups is 1. The van der Waals surface area contributed by atoms with Gasteiger partial charge in [0.2, 0.25) is 6.79 Å². The zero-order chi connectivity index (χ0) is 19.7. The normalized spacial score (nSPS) is 12.7. The molecular formula is C18H12F3N3O3S. The summed E-state index contributed by atoms with van der Waals surface area (Å²) in [6.45, 7) is 0.171. The molecule has 2 heterocycles. The van der Waals surface area contributed by atoms with Crippen LogP contribution in [0.1, 0.15) is 16.1 Å². The Labute approximate surface area is 160 Å². The lowest BCUT2D eigenvalue weighted by Gasteiger charge is -2.08. The average molecular weight is 407 g/mol. The van der Waals surface area contributed by atoms with Crippen LogP contribution in [0, 0.1) is 0 Å². The second-order valence-corrected chi connectivity index (χ2v) is 6.62. The Morgan fingerprint density at radius 3 is 2.50 bits per heavy atom. The predicted octanol–water partition coefficient (Wildman–Crippen LogP) is 4.89. The number of carbonyl (C=O) groups excluding carboxylic acids is 1. The zero-order valence-corrected chi connectivity index (χ0v) is 14.9. The summed E-state index contributed by atoms with van der Waals surface area (Å²) in [5.74, 6) is 0.748. The number of alkyl halides is 3. The molecule has 1 aromatic heterocycles. The van der Waals surface area contributed by atoms with Gasteiger partial charge in [-0.05, 0) is 36.4 Å². The molecule has 10 heteroatoms. The Morgan fingerprint density at radius 2 is 1.75 bits per heavy atom. The number of thiazole rings is 1. The summed E-state index contributed by atoms with van der Waals surface area (Å²) in [6, 6.07) is 9.50. The minimum Gasteiger partial charge on any atom is -0.454 e. The van der Waals surface area contributed by atoms with Gasteiger partial charge in [-0.2, -0.15) is 13.2 Å². The third-order valence-corrected chi connectivity index (χ3v) is 4.59. The molecule has 1 aliphatic heterocycles. The number of nitrogens with zero attached hydrogens (tertiary/aromatic N) is 1. The Kier molecular flexibility index (Phi) is 4.55. The van der Waals surface area contributed by atoms with Crippen molar-refractivity contribution < 1.29 is 27.4 Å². The van der Waals surface area contributed by atoms with Crippen LogP contribution in [0.3, 0.4) is 0 Å². The summed E-state index contributed by atoms with van der Waals surface area (Å²) in [5, 5.41) is 7.62. The van der Waals surface area contributed by atoms with Crippen LogP contribution < -0.4 is 20.1 Å². The standard InChI is InChI=1S/C18H12F3N3O3S/c19-18(20,21)10-1-3-11(4-2-10)22-16(25)13-8-28-17(24-13)23-12-5-6-14-15(7-12)27-9-26-14/h1-8H,9H2,(H,22,25)(H,23,24). The Balaban J connectivity index is 1.41. The van der Waals surface area contributed by atoms with Gasteiger partial charge in [0.15, 0.2) is 16.6 Å². The Bertz CT molecular complexity index is 1020. The Morgan fingerprint density at radius 1 is 1.04 bits per heavy atom. The lowest BCUT2D eigenvalue weighted by atomic mass is 10.2. The molecule has 2 N–H and O–H groups in total. The second-order valence-electron chi connectivity index (χ2n) is 5.76. The lowest BCUT2D eigenvalue weighted by molar-refractivity contribution is -0.137. The van der Waals surface area contributed by atoms with E-state index in [4.69, 9.17) is 9.47 Å². The molecule has 0 atom stereocenters. The number of amides is 1. The number of benzene rings is 2. The summed E-state index contributed by atoms with van der Waals surface area (Å²) in [4.78, 5) is 16.5. The molecule has 0 saturated carbocycles. The van der Waals surface area contributed by atoms with Crippen LogP contribution in [0.25, 0.3) is 0 Å². The molecule has 4 rings (SSSR count). The highest BCUT2D eigenvalue weighted by Gasteiger charge is 2.30. The van der Waals surface area contributed by atoms with Crippen molar-refractivity contribution in [2.75, 3.05) is 17.4 Å². The van der Waals surface area contributed by atoms with Crippen LogP contribution >= 0.6 is 11.3 Å². The van der Waals surface area contributed by atoms with Gasteiger partial charge in [-0.15, -0.1) is 11.3 Å². The summed E-state index contributed by atoms with van der Waals surface area (Å²) < 4.78 is 48.3. The van der Waals surface area contributed by atoms with Crippen molar-refractivity contribution in [2.24, 2.45) is 0 Å². The van der Waals surface area contributed by atoms with Gasteiger partial charge in [0, 0.05) is 22.8 Å². The van der Waals surface area contributed by atoms with Gasteiger partial charge in [-0.1, -0.05) is 0 Å². The molecule has 144 valence electrons. The molecule has 6 nitrogen and oxygen atoms in total. The summed E-state index contributed by atoms with van der Waals surface area (Å²) >= 11 is 1.22. The van der Waals surface area contributed by atoms with Crippen LogP contribution in [0.2, 0.25) is 0 Å². The molecule has 3 aromatic rings. The third kappa shape index (κ3) is 3.86. The first-order valence-corrected chi connectivity index (χ1v) is 8.87. The third-order valence-electron chi connectivity index (χ3n) is 3.83. The van der Waals surface area contributed by atoms with E-state index in [0.29, 0.717) is 22.3 Å². The van der Waals surface area contributed by atoms with Crippen molar-refractivity contribution >= 4 is 33.8 Å². The topological polar surface area (TPSA) is 72.5 Å². The minimum atomic E-state index is -4.42. The zero-order valence-electron chi connectivity index (χ0n) is 14.0. The van der Waals surface area contributed by atoms with Crippen LogP contribution in [-0.2, 0) is 6.18 Å². The molecule has 0 bridgehead atoms. The molecule has 28 heavy (non-hydrogen) atoms. The van der Waals surface area contributed by atoms with Crippen molar-refractivity contribution in [2.45, 2.75) is 6.18 Å². The van der Waals surface area contributed by atoms with E-state index in [1.165, 1.54) is 23.5 Å². The summed E-state index contributed by atoms with van der Waals surface area (Å²) in [6.07, 6.45) is -4.42.